The molecule has 0 aliphatic heterocycles. The molecule has 16 heavy (non-hydrogen) atoms. The van der Waals surface area contributed by atoms with Gasteiger partial charge < -0.3 is 19.3 Å². The first-order valence-corrected chi connectivity index (χ1v) is 5.20. The lowest BCUT2D eigenvalue weighted by Gasteiger charge is -2.16. The molecule has 1 rings (SSSR count). The zero-order valence-electron chi connectivity index (χ0n) is 10.1. The van der Waals surface area contributed by atoms with E-state index in [2.05, 4.69) is 0 Å². The Hall–Kier alpha value is -1.42. The van der Waals surface area contributed by atoms with E-state index in [0.717, 1.165) is 5.56 Å². The molecule has 0 saturated heterocycles. The molecule has 1 aromatic rings. The summed E-state index contributed by atoms with van der Waals surface area (Å²) in [5.74, 6) is 1.70. The number of aliphatic hydroxyl groups is 1. The van der Waals surface area contributed by atoms with Crippen molar-refractivity contribution in [2.24, 2.45) is 0 Å². The van der Waals surface area contributed by atoms with Crippen molar-refractivity contribution in [2.45, 2.75) is 20.0 Å². The molecule has 90 valence electrons. The molecule has 1 N–H and O–H groups in total. The summed E-state index contributed by atoms with van der Waals surface area (Å²) >= 11 is 0. The van der Waals surface area contributed by atoms with Gasteiger partial charge >= 0.3 is 0 Å². The molecule has 0 bridgehead atoms. The summed E-state index contributed by atoms with van der Waals surface area (Å²) in [6.45, 7) is 4.11. The maximum absolute atomic E-state index is 9.53. The van der Waals surface area contributed by atoms with Gasteiger partial charge in [-0.1, -0.05) is 0 Å². The molecule has 4 nitrogen and oxygen atoms in total. The second-order valence-corrected chi connectivity index (χ2v) is 3.36. The van der Waals surface area contributed by atoms with Crippen LogP contribution in [-0.2, 0) is 0 Å². The second kappa shape index (κ2) is 5.61. The number of benzene rings is 1. The highest BCUT2D eigenvalue weighted by atomic mass is 16.5. The maximum atomic E-state index is 9.53. The Kier molecular flexibility index (Phi) is 4.43. The number of rotatable bonds is 5. The van der Waals surface area contributed by atoms with Crippen molar-refractivity contribution in [2.75, 3.05) is 20.8 Å². The smallest absolute Gasteiger partial charge is 0.203 e. The number of ether oxygens (including phenoxy) is 3. The Morgan fingerprint density at radius 1 is 1.19 bits per heavy atom. The zero-order valence-corrected chi connectivity index (χ0v) is 10.1. The Bertz CT molecular complexity index is 322. The normalized spacial score (nSPS) is 12.1. The molecular weight excluding hydrogens is 208 g/mol. The van der Waals surface area contributed by atoms with Gasteiger partial charge in [0.25, 0.3) is 0 Å². The van der Waals surface area contributed by atoms with Crippen LogP contribution < -0.4 is 14.2 Å². The molecule has 0 fully saturated rings. The van der Waals surface area contributed by atoms with Crippen LogP contribution in [0.1, 0.15) is 25.5 Å². The first-order chi connectivity index (χ1) is 7.63. The average molecular weight is 226 g/mol. The minimum atomic E-state index is -0.571. The number of methoxy groups -OCH3 is 2. The molecule has 0 aliphatic rings. The third kappa shape index (κ3) is 2.58. The zero-order chi connectivity index (χ0) is 12.1. The Morgan fingerprint density at radius 3 is 2.00 bits per heavy atom. The van der Waals surface area contributed by atoms with Crippen molar-refractivity contribution < 1.29 is 19.3 Å². The van der Waals surface area contributed by atoms with Gasteiger partial charge in [0.15, 0.2) is 11.5 Å². The SMILES string of the molecule is CCOc1c(OC)cc(C(C)O)cc1OC. The molecule has 0 amide bonds. The van der Waals surface area contributed by atoms with E-state index in [9.17, 15) is 5.11 Å². The van der Waals surface area contributed by atoms with Gasteiger partial charge in [0, 0.05) is 0 Å². The third-order valence-electron chi connectivity index (χ3n) is 2.25. The van der Waals surface area contributed by atoms with Crippen LogP contribution in [-0.4, -0.2) is 25.9 Å². The minimum Gasteiger partial charge on any atom is -0.493 e. The van der Waals surface area contributed by atoms with Crippen molar-refractivity contribution >= 4 is 0 Å². The molecule has 0 spiro atoms. The van der Waals surface area contributed by atoms with Gasteiger partial charge in [-0.05, 0) is 31.5 Å². The van der Waals surface area contributed by atoms with E-state index in [4.69, 9.17) is 14.2 Å². The number of aliphatic hydroxyl groups excluding tert-OH is 1. The van der Waals surface area contributed by atoms with Crippen LogP contribution >= 0.6 is 0 Å². The van der Waals surface area contributed by atoms with Gasteiger partial charge in [-0.3, -0.25) is 0 Å². The van der Waals surface area contributed by atoms with E-state index in [1.807, 2.05) is 6.92 Å². The van der Waals surface area contributed by atoms with Gasteiger partial charge in [0.05, 0.1) is 26.9 Å². The average Bonchev–Trinajstić information content (AvgIpc) is 2.29. The van der Waals surface area contributed by atoms with Crippen molar-refractivity contribution in [3.63, 3.8) is 0 Å². The van der Waals surface area contributed by atoms with Crippen molar-refractivity contribution in [3.05, 3.63) is 17.7 Å². The molecule has 0 aliphatic carbocycles. The van der Waals surface area contributed by atoms with Crippen molar-refractivity contribution in [1.29, 1.82) is 0 Å². The third-order valence-corrected chi connectivity index (χ3v) is 2.25. The molecule has 0 radical (unpaired) electrons. The molecule has 0 saturated carbocycles. The van der Waals surface area contributed by atoms with E-state index in [1.54, 1.807) is 33.3 Å². The van der Waals surface area contributed by atoms with Crippen LogP contribution in [0.25, 0.3) is 0 Å². The topological polar surface area (TPSA) is 47.9 Å². The highest BCUT2D eigenvalue weighted by Gasteiger charge is 2.15. The van der Waals surface area contributed by atoms with Crippen LogP contribution in [0.3, 0.4) is 0 Å². The summed E-state index contributed by atoms with van der Waals surface area (Å²) in [7, 11) is 3.12. The molecule has 0 heterocycles. The minimum absolute atomic E-state index is 0.529. The lowest BCUT2D eigenvalue weighted by atomic mass is 10.1. The molecule has 0 aromatic heterocycles. The Balaban J connectivity index is 3.25. The predicted molar refractivity (Wildman–Crippen MR) is 61.3 cm³/mol. The Labute approximate surface area is 95.8 Å². The van der Waals surface area contributed by atoms with Crippen LogP contribution in [0, 0.1) is 0 Å². The Morgan fingerprint density at radius 2 is 1.69 bits per heavy atom. The van der Waals surface area contributed by atoms with Gasteiger partial charge in [-0.2, -0.15) is 0 Å². The summed E-state index contributed by atoms with van der Waals surface area (Å²) in [5.41, 5.74) is 0.733. The van der Waals surface area contributed by atoms with E-state index in [0.29, 0.717) is 23.9 Å². The van der Waals surface area contributed by atoms with E-state index < -0.39 is 6.10 Å². The van der Waals surface area contributed by atoms with Gasteiger partial charge in [-0.25, -0.2) is 0 Å². The van der Waals surface area contributed by atoms with Crippen LogP contribution in [0.15, 0.2) is 12.1 Å². The number of hydrogen-bond donors (Lipinski definition) is 1. The fourth-order valence-electron chi connectivity index (χ4n) is 1.43. The van der Waals surface area contributed by atoms with Crippen molar-refractivity contribution in [3.8, 4) is 17.2 Å². The molecular formula is C12H18O4. The monoisotopic (exact) mass is 226 g/mol. The second-order valence-electron chi connectivity index (χ2n) is 3.36. The fraction of sp³-hybridized carbons (Fsp3) is 0.500. The van der Waals surface area contributed by atoms with E-state index in [1.165, 1.54) is 0 Å². The molecule has 4 heteroatoms. The largest absolute Gasteiger partial charge is 0.493 e. The fourth-order valence-corrected chi connectivity index (χ4v) is 1.43. The van der Waals surface area contributed by atoms with Crippen molar-refractivity contribution in [1.82, 2.24) is 0 Å². The first-order valence-electron chi connectivity index (χ1n) is 5.20. The van der Waals surface area contributed by atoms with Gasteiger partial charge in [0.1, 0.15) is 0 Å². The summed E-state index contributed by atoms with van der Waals surface area (Å²) < 4.78 is 15.9. The van der Waals surface area contributed by atoms with Gasteiger partial charge in [0.2, 0.25) is 5.75 Å². The lowest BCUT2D eigenvalue weighted by Crippen LogP contribution is -2.01. The lowest BCUT2D eigenvalue weighted by molar-refractivity contribution is 0.197. The molecule has 1 atom stereocenters. The summed E-state index contributed by atoms with van der Waals surface area (Å²) in [6, 6.07) is 3.50. The molecule has 1 aromatic carbocycles. The van der Waals surface area contributed by atoms with E-state index >= 15 is 0 Å². The van der Waals surface area contributed by atoms with Crippen LogP contribution in [0.2, 0.25) is 0 Å². The number of hydrogen-bond acceptors (Lipinski definition) is 4. The maximum Gasteiger partial charge on any atom is 0.203 e. The van der Waals surface area contributed by atoms with Crippen LogP contribution in [0.5, 0.6) is 17.2 Å². The van der Waals surface area contributed by atoms with Crippen LogP contribution in [0.4, 0.5) is 0 Å². The van der Waals surface area contributed by atoms with Gasteiger partial charge in [-0.15, -0.1) is 0 Å². The summed E-state index contributed by atoms with van der Waals surface area (Å²) in [4.78, 5) is 0. The predicted octanol–water partition coefficient (Wildman–Crippen LogP) is 2.16. The molecule has 1 unspecified atom stereocenters. The first kappa shape index (κ1) is 12.6. The standard InChI is InChI=1S/C12H18O4/c1-5-16-12-10(14-3)6-9(8(2)13)7-11(12)15-4/h6-8,13H,5H2,1-4H3. The highest BCUT2D eigenvalue weighted by Crippen LogP contribution is 2.39. The van der Waals surface area contributed by atoms with E-state index in [-0.39, 0.29) is 0 Å². The summed E-state index contributed by atoms with van der Waals surface area (Å²) in [6.07, 6.45) is -0.571. The highest BCUT2D eigenvalue weighted by molar-refractivity contribution is 5.54. The summed E-state index contributed by atoms with van der Waals surface area (Å²) in [5, 5.41) is 9.53. The quantitative estimate of drug-likeness (QED) is 0.835.